The van der Waals surface area contributed by atoms with Crippen molar-refractivity contribution in [2.75, 3.05) is 26.0 Å². The molecule has 1 aromatic rings. The summed E-state index contributed by atoms with van der Waals surface area (Å²) in [6, 6.07) is 6.63. The molecule has 0 bridgehead atoms. The van der Waals surface area contributed by atoms with E-state index in [9.17, 15) is 13.2 Å². The smallest absolute Gasteiger partial charge is 0.422 e. The van der Waals surface area contributed by atoms with Gasteiger partial charge in [0.2, 0.25) is 0 Å². The fourth-order valence-electron chi connectivity index (χ4n) is 1.81. The molecule has 0 radical (unpaired) electrons. The summed E-state index contributed by atoms with van der Waals surface area (Å²) in [6.07, 6.45) is -2.32. The van der Waals surface area contributed by atoms with Crippen molar-refractivity contribution >= 4 is 41.7 Å². The first-order valence-corrected chi connectivity index (χ1v) is 9.24. The average Bonchev–Trinajstić information content (AvgIpc) is 2.55. The molecule has 0 unspecified atom stereocenters. The van der Waals surface area contributed by atoms with Crippen molar-refractivity contribution in [3.05, 3.63) is 29.8 Å². The molecule has 0 saturated heterocycles. The molecule has 1 rings (SSSR count). The van der Waals surface area contributed by atoms with Crippen LogP contribution in [0.15, 0.2) is 29.3 Å². The maximum absolute atomic E-state index is 12.4. The highest BCUT2D eigenvalue weighted by Crippen LogP contribution is 2.23. The molecule has 0 saturated carbocycles. The number of aliphatic imine (C=N–C) groups is 1. The average molecular weight is 505 g/mol. The van der Waals surface area contributed by atoms with Crippen LogP contribution in [0.5, 0.6) is 5.75 Å². The summed E-state index contributed by atoms with van der Waals surface area (Å²) in [5, 5.41) is 6.39. The second-order valence-electron chi connectivity index (χ2n) is 6.02. The number of nitrogens with one attached hydrogen (secondary N) is 2. The Morgan fingerprint density at radius 2 is 1.85 bits per heavy atom. The number of thioether (sulfide) groups is 1. The summed E-state index contributed by atoms with van der Waals surface area (Å²) in [5.41, 5.74) is 0.605. The Morgan fingerprint density at radius 3 is 2.42 bits per heavy atom. The normalized spacial score (nSPS) is 12.3. The number of ether oxygens (including phenoxy) is 1. The lowest BCUT2D eigenvalue weighted by Crippen LogP contribution is -2.43. The lowest BCUT2D eigenvalue weighted by atomic mass is 10.2. The predicted octanol–water partition coefficient (Wildman–Crippen LogP) is 4.44. The molecule has 0 atom stereocenters. The van der Waals surface area contributed by atoms with Gasteiger partial charge in [-0.2, -0.15) is 24.9 Å². The van der Waals surface area contributed by atoms with Gasteiger partial charge in [0.25, 0.3) is 0 Å². The monoisotopic (exact) mass is 505 g/mol. The number of hydrogen-bond acceptors (Lipinski definition) is 3. The Morgan fingerprint density at radius 1 is 1.19 bits per heavy atom. The van der Waals surface area contributed by atoms with Gasteiger partial charge in [-0.05, 0) is 33.1 Å². The van der Waals surface area contributed by atoms with Crippen LogP contribution in [-0.2, 0) is 6.54 Å². The van der Waals surface area contributed by atoms with Crippen molar-refractivity contribution in [2.45, 2.75) is 38.2 Å². The van der Waals surface area contributed by atoms with Crippen LogP contribution in [0.2, 0.25) is 0 Å². The Hall–Kier alpha value is -0.840. The summed E-state index contributed by atoms with van der Waals surface area (Å²) in [7, 11) is 0. The Balaban J connectivity index is 0.00000625. The molecule has 0 aliphatic rings. The Kier molecular flexibility index (Phi) is 11.4. The maximum atomic E-state index is 12.4. The predicted molar refractivity (Wildman–Crippen MR) is 114 cm³/mol. The second kappa shape index (κ2) is 11.8. The molecule has 0 amide bonds. The van der Waals surface area contributed by atoms with Crippen LogP contribution in [0.25, 0.3) is 0 Å². The highest BCUT2D eigenvalue weighted by molar-refractivity contribution is 14.0. The van der Waals surface area contributed by atoms with E-state index >= 15 is 0 Å². The molecule has 0 fully saturated rings. The van der Waals surface area contributed by atoms with Crippen molar-refractivity contribution in [1.82, 2.24) is 10.6 Å². The summed E-state index contributed by atoms with van der Waals surface area (Å²) in [6.45, 7) is 6.52. The topological polar surface area (TPSA) is 45.7 Å². The van der Waals surface area contributed by atoms with Gasteiger partial charge in [0, 0.05) is 23.4 Å². The van der Waals surface area contributed by atoms with Crippen molar-refractivity contribution in [3.63, 3.8) is 0 Å². The summed E-state index contributed by atoms with van der Waals surface area (Å²) in [4.78, 5) is 4.45. The molecule has 0 aliphatic carbocycles. The van der Waals surface area contributed by atoms with Gasteiger partial charge in [-0.15, -0.1) is 24.0 Å². The summed E-state index contributed by atoms with van der Waals surface area (Å²) < 4.78 is 42.0. The van der Waals surface area contributed by atoms with E-state index in [1.165, 1.54) is 6.07 Å². The van der Waals surface area contributed by atoms with E-state index in [0.29, 0.717) is 24.6 Å². The minimum atomic E-state index is -4.36. The van der Waals surface area contributed by atoms with Gasteiger partial charge in [0.15, 0.2) is 12.6 Å². The molecule has 2 N–H and O–H groups in total. The standard InChI is InChI=1S/C17H26F3N3OS.HI/c1-5-21-15(23-11-16(2,3)25-4)22-10-13-8-6-7-9-14(13)24-12-17(18,19)20;/h6-9H,5,10-12H2,1-4H3,(H2,21,22,23);1H. The largest absolute Gasteiger partial charge is 0.484 e. The fourth-order valence-corrected chi connectivity index (χ4v) is 2.03. The second-order valence-corrected chi connectivity index (χ2v) is 7.54. The fraction of sp³-hybridized carbons (Fsp3) is 0.588. The van der Waals surface area contributed by atoms with Gasteiger partial charge in [-0.25, -0.2) is 4.99 Å². The number of halogens is 4. The number of nitrogens with zero attached hydrogens (tertiary/aromatic N) is 1. The van der Waals surface area contributed by atoms with Gasteiger partial charge in [0.1, 0.15) is 5.75 Å². The quantitative estimate of drug-likeness (QED) is 0.312. The molecule has 1 aromatic carbocycles. The number of para-hydroxylation sites is 1. The lowest BCUT2D eigenvalue weighted by molar-refractivity contribution is -0.153. The van der Waals surface area contributed by atoms with Crippen molar-refractivity contribution < 1.29 is 17.9 Å². The van der Waals surface area contributed by atoms with Gasteiger partial charge in [-0.3, -0.25) is 0 Å². The molecule has 0 aromatic heterocycles. The molecule has 26 heavy (non-hydrogen) atoms. The minimum Gasteiger partial charge on any atom is -0.484 e. The van der Waals surface area contributed by atoms with E-state index in [4.69, 9.17) is 4.74 Å². The van der Waals surface area contributed by atoms with Crippen molar-refractivity contribution in [2.24, 2.45) is 4.99 Å². The third-order valence-corrected chi connectivity index (χ3v) is 4.60. The van der Waals surface area contributed by atoms with Gasteiger partial charge < -0.3 is 15.4 Å². The van der Waals surface area contributed by atoms with Gasteiger partial charge >= 0.3 is 6.18 Å². The number of alkyl halides is 3. The van der Waals surface area contributed by atoms with E-state index in [1.54, 1.807) is 30.0 Å². The summed E-state index contributed by atoms with van der Waals surface area (Å²) >= 11 is 1.74. The van der Waals surface area contributed by atoms with E-state index in [-0.39, 0.29) is 41.0 Å². The van der Waals surface area contributed by atoms with E-state index in [2.05, 4.69) is 29.5 Å². The molecule has 0 aliphatic heterocycles. The first kappa shape index (κ1) is 25.2. The highest BCUT2D eigenvalue weighted by atomic mass is 127. The Labute approximate surface area is 174 Å². The SMILES string of the molecule is CCNC(=NCc1ccccc1OCC(F)(F)F)NCC(C)(C)SC.I. The van der Waals surface area contributed by atoms with Crippen LogP contribution in [0.1, 0.15) is 26.3 Å². The number of hydrogen-bond donors (Lipinski definition) is 2. The first-order chi connectivity index (χ1) is 11.7. The zero-order valence-corrected chi connectivity index (χ0v) is 18.6. The van der Waals surface area contributed by atoms with Crippen LogP contribution in [0.4, 0.5) is 13.2 Å². The number of benzene rings is 1. The molecule has 150 valence electrons. The molecule has 0 heterocycles. The molecular weight excluding hydrogens is 478 g/mol. The minimum absolute atomic E-state index is 0. The summed E-state index contributed by atoms with van der Waals surface area (Å²) in [5.74, 6) is 0.819. The zero-order valence-electron chi connectivity index (χ0n) is 15.4. The molecule has 9 heteroatoms. The third-order valence-electron chi connectivity index (χ3n) is 3.35. The van der Waals surface area contributed by atoms with Crippen LogP contribution >= 0.6 is 35.7 Å². The first-order valence-electron chi connectivity index (χ1n) is 8.01. The highest BCUT2D eigenvalue weighted by Gasteiger charge is 2.28. The lowest BCUT2D eigenvalue weighted by Gasteiger charge is -2.23. The molecular formula is C17H27F3IN3OS. The van der Waals surface area contributed by atoms with Crippen LogP contribution in [0.3, 0.4) is 0 Å². The molecule has 4 nitrogen and oxygen atoms in total. The van der Waals surface area contributed by atoms with Crippen molar-refractivity contribution in [3.8, 4) is 5.75 Å². The van der Waals surface area contributed by atoms with Crippen LogP contribution in [0, 0.1) is 0 Å². The number of rotatable bonds is 8. The third kappa shape index (κ3) is 10.3. The maximum Gasteiger partial charge on any atom is 0.422 e. The molecule has 0 spiro atoms. The number of guanidine groups is 1. The van der Waals surface area contributed by atoms with E-state index in [0.717, 1.165) is 0 Å². The van der Waals surface area contributed by atoms with E-state index < -0.39 is 12.8 Å². The van der Waals surface area contributed by atoms with Crippen LogP contribution in [-0.4, -0.2) is 42.8 Å². The van der Waals surface area contributed by atoms with Gasteiger partial charge in [0.05, 0.1) is 6.54 Å². The zero-order chi connectivity index (χ0) is 18.9. The van der Waals surface area contributed by atoms with Gasteiger partial charge in [-0.1, -0.05) is 18.2 Å². The van der Waals surface area contributed by atoms with Crippen molar-refractivity contribution in [1.29, 1.82) is 0 Å². The van der Waals surface area contributed by atoms with Crippen LogP contribution < -0.4 is 15.4 Å². The Bertz CT molecular complexity index is 568. The van der Waals surface area contributed by atoms with E-state index in [1.807, 2.05) is 13.2 Å².